The standard InChI is InChI=1S/C16H16ClFINO2S.C10H13ClO2S.C6H6ClFIN.C6H5ClFN/c1-16(2,3)10-4-6-11(7-5-10)23(21,22)20-15-9-13(18)12(17)8-14(15)19;1-10(2,3)8-4-6-9(7-5-8)14(11,12)13;1-4(7)6(8)2-5(10)3-9;7-5-2-1-4(9)3-6(5)8/h4-9,20H,1-3H3;4-7H,1-3H3;2-3H,1,10H2;1-3H,9H2/b;;5-3-,6-2+;. The van der Waals surface area contributed by atoms with E-state index in [0.717, 1.165) is 23.3 Å². The number of nitrogens with two attached hydrogens (primary N) is 2. The third-order valence-electron chi connectivity index (χ3n) is 6.91. The zero-order valence-corrected chi connectivity index (χ0v) is 39.8. The fourth-order valence-corrected chi connectivity index (χ4v) is 7.15. The summed E-state index contributed by atoms with van der Waals surface area (Å²) in [5, 5.41) is -0.0859. The van der Waals surface area contributed by atoms with Crippen LogP contribution in [0.15, 0.2) is 122 Å². The summed E-state index contributed by atoms with van der Waals surface area (Å²) < 4.78 is 89.6. The van der Waals surface area contributed by atoms with E-state index in [-0.39, 0.29) is 41.4 Å². The Morgan fingerprint density at radius 2 is 1.23 bits per heavy atom. The number of sulfonamides is 1. The van der Waals surface area contributed by atoms with Gasteiger partial charge in [0.25, 0.3) is 19.1 Å². The van der Waals surface area contributed by atoms with Gasteiger partial charge in [0.2, 0.25) is 0 Å². The molecule has 0 heterocycles. The molecule has 18 heteroatoms. The number of hydrogen-bond acceptors (Lipinski definition) is 6. The minimum Gasteiger partial charge on any atom is -0.399 e. The molecule has 5 N–H and O–H groups in total. The average Bonchev–Trinajstić information content (AvgIpc) is 3.08. The Hall–Kier alpha value is -2.19. The van der Waals surface area contributed by atoms with Crippen molar-refractivity contribution in [2.45, 2.75) is 62.2 Å². The van der Waals surface area contributed by atoms with Gasteiger partial charge in [-0.25, -0.2) is 30.0 Å². The van der Waals surface area contributed by atoms with Crippen molar-refractivity contribution < 1.29 is 30.0 Å². The molecule has 0 saturated heterocycles. The van der Waals surface area contributed by atoms with Crippen LogP contribution in [-0.2, 0) is 29.9 Å². The molecule has 306 valence electrons. The van der Waals surface area contributed by atoms with E-state index in [1.54, 1.807) is 42.5 Å². The van der Waals surface area contributed by atoms with Crippen LogP contribution < -0.4 is 16.2 Å². The van der Waals surface area contributed by atoms with Crippen LogP contribution in [0.3, 0.4) is 0 Å². The van der Waals surface area contributed by atoms with Crippen molar-refractivity contribution in [1.82, 2.24) is 0 Å². The Labute approximate surface area is 374 Å². The third kappa shape index (κ3) is 18.2. The molecule has 4 aromatic rings. The van der Waals surface area contributed by atoms with E-state index in [4.69, 9.17) is 57.0 Å². The number of allylic oxidation sites excluding steroid dienone is 3. The first-order valence-electron chi connectivity index (χ1n) is 15.8. The van der Waals surface area contributed by atoms with Crippen molar-refractivity contribution in [2.24, 2.45) is 5.73 Å². The van der Waals surface area contributed by atoms with E-state index in [9.17, 15) is 30.0 Å². The van der Waals surface area contributed by atoms with Crippen molar-refractivity contribution in [2.75, 3.05) is 10.5 Å². The average molecular weight is 1120 g/mol. The van der Waals surface area contributed by atoms with Crippen LogP contribution in [0.25, 0.3) is 0 Å². The normalized spacial score (nSPS) is 12.2. The maximum atomic E-state index is 13.6. The molecule has 0 bridgehead atoms. The van der Waals surface area contributed by atoms with Crippen LogP contribution in [-0.4, -0.2) is 16.8 Å². The van der Waals surface area contributed by atoms with Gasteiger partial charge in [-0.3, -0.25) is 4.72 Å². The molecule has 56 heavy (non-hydrogen) atoms. The molecule has 0 amide bonds. The Kier molecular flexibility index (Phi) is 20.6. The van der Waals surface area contributed by atoms with Gasteiger partial charge in [0.1, 0.15) is 17.5 Å². The third-order valence-corrected chi connectivity index (χ3v) is 12.0. The molecule has 0 aromatic heterocycles. The van der Waals surface area contributed by atoms with Gasteiger partial charge in [-0.15, -0.1) is 0 Å². The fourth-order valence-electron chi connectivity index (χ4n) is 3.82. The number of nitrogens with one attached hydrogen (secondary N) is 1. The highest BCUT2D eigenvalue weighted by atomic mass is 127. The monoisotopic (exact) mass is 1120 g/mol. The van der Waals surface area contributed by atoms with Gasteiger partial charge < -0.3 is 11.5 Å². The molecule has 0 aliphatic carbocycles. The lowest BCUT2D eigenvalue weighted by Crippen LogP contribution is -2.15. The zero-order valence-electron chi connectivity index (χ0n) is 30.9. The lowest BCUT2D eigenvalue weighted by atomic mass is 9.87. The first-order chi connectivity index (χ1) is 25.5. The molecule has 0 fully saturated rings. The van der Waals surface area contributed by atoms with E-state index in [1.807, 2.05) is 66.0 Å². The van der Waals surface area contributed by atoms with Crippen molar-refractivity contribution in [3.63, 3.8) is 0 Å². The smallest absolute Gasteiger partial charge is 0.261 e. The highest BCUT2D eigenvalue weighted by molar-refractivity contribution is 14.1. The lowest BCUT2D eigenvalue weighted by molar-refractivity contribution is 0.587. The first kappa shape index (κ1) is 51.8. The van der Waals surface area contributed by atoms with E-state index in [0.29, 0.717) is 15.0 Å². The fraction of sp³-hybridized carbons (Fsp3) is 0.211. The minimum atomic E-state index is -3.79. The van der Waals surface area contributed by atoms with Gasteiger partial charge in [-0.2, -0.15) is 0 Å². The number of hydrogen-bond donors (Lipinski definition) is 3. The summed E-state index contributed by atoms with van der Waals surface area (Å²) in [7, 11) is -2.19. The Morgan fingerprint density at radius 3 is 1.61 bits per heavy atom. The molecule has 0 aliphatic rings. The van der Waals surface area contributed by atoms with Crippen LogP contribution >= 0.6 is 90.7 Å². The van der Waals surface area contributed by atoms with Crippen LogP contribution in [0.1, 0.15) is 52.7 Å². The predicted molar refractivity (Wildman–Crippen MR) is 245 cm³/mol. The first-order valence-corrected chi connectivity index (χ1v) is 23.1. The van der Waals surface area contributed by atoms with Crippen molar-refractivity contribution in [3.05, 3.63) is 149 Å². The summed E-state index contributed by atoms with van der Waals surface area (Å²) in [5.41, 5.74) is 13.4. The molecule has 4 rings (SSSR count). The second kappa shape index (κ2) is 22.3. The maximum Gasteiger partial charge on any atom is 0.261 e. The molecule has 0 unspecified atom stereocenters. The van der Waals surface area contributed by atoms with Crippen LogP contribution in [0.4, 0.5) is 24.5 Å². The summed E-state index contributed by atoms with van der Waals surface area (Å²) in [5.74, 6) is -1.75. The lowest BCUT2D eigenvalue weighted by Gasteiger charge is -2.19. The van der Waals surface area contributed by atoms with Gasteiger partial charge >= 0.3 is 0 Å². The molecular weight excluding hydrogens is 1080 g/mol. The molecule has 0 saturated carbocycles. The van der Waals surface area contributed by atoms with Gasteiger partial charge in [0, 0.05) is 31.7 Å². The van der Waals surface area contributed by atoms with Gasteiger partial charge in [-0.05, 0) is 103 Å². The molecule has 0 atom stereocenters. The van der Waals surface area contributed by atoms with Crippen LogP contribution in [0, 0.1) is 15.2 Å². The number of benzene rings is 4. The maximum absolute atomic E-state index is 13.6. The van der Waals surface area contributed by atoms with Crippen LogP contribution in [0.2, 0.25) is 10.0 Å². The summed E-state index contributed by atoms with van der Waals surface area (Å²) >= 11 is 20.0. The molecule has 0 radical (unpaired) electrons. The van der Waals surface area contributed by atoms with Crippen molar-refractivity contribution in [3.8, 4) is 0 Å². The SMILES string of the molecule is C=C(Cl)/C(F)=C\C(N)=C\I.CC(C)(C)c1ccc(S(=O)(=O)Cl)cc1.CC(C)(C)c1ccc(S(=O)(=O)Nc2cc(F)c(Cl)cc2I)cc1.Nc1ccc(Cl)c(F)c1. The van der Waals surface area contributed by atoms with Crippen molar-refractivity contribution in [1.29, 1.82) is 0 Å². The quantitative estimate of drug-likeness (QED) is 0.0579. The largest absolute Gasteiger partial charge is 0.399 e. The Bertz CT molecular complexity index is 2270. The van der Waals surface area contributed by atoms with E-state index >= 15 is 0 Å². The zero-order chi connectivity index (χ0) is 43.4. The van der Waals surface area contributed by atoms with Gasteiger partial charge in [0.05, 0.1) is 30.6 Å². The summed E-state index contributed by atoms with van der Waals surface area (Å²) in [6.07, 6.45) is 1.11. The van der Waals surface area contributed by atoms with E-state index in [2.05, 4.69) is 32.1 Å². The molecule has 7 nitrogen and oxygen atoms in total. The number of rotatable bonds is 6. The van der Waals surface area contributed by atoms with Gasteiger partial charge in [0.15, 0.2) is 0 Å². The minimum absolute atomic E-state index is 0.0224. The van der Waals surface area contributed by atoms with E-state index < -0.39 is 36.5 Å². The number of halogens is 9. The summed E-state index contributed by atoms with van der Waals surface area (Å²) in [4.78, 5) is 0.267. The number of nitrogen functional groups attached to an aromatic ring is 1. The second-order valence-electron chi connectivity index (χ2n) is 13.5. The summed E-state index contributed by atoms with van der Waals surface area (Å²) in [6, 6.07) is 19.9. The van der Waals surface area contributed by atoms with Crippen molar-refractivity contribution >= 4 is 121 Å². The van der Waals surface area contributed by atoms with E-state index in [1.165, 1.54) is 34.4 Å². The summed E-state index contributed by atoms with van der Waals surface area (Å²) in [6.45, 7) is 15.5. The highest BCUT2D eigenvalue weighted by Crippen LogP contribution is 2.29. The highest BCUT2D eigenvalue weighted by Gasteiger charge is 2.20. The topological polar surface area (TPSA) is 132 Å². The van der Waals surface area contributed by atoms with Crippen LogP contribution in [0.5, 0.6) is 0 Å². The molecule has 0 spiro atoms. The number of anilines is 2. The Morgan fingerprint density at radius 1 is 0.786 bits per heavy atom. The second-order valence-corrected chi connectivity index (χ2v) is 20.8. The molecular formula is C38H40Cl4F3I2N3O4S2. The Balaban J connectivity index is 0.000000405. The predicted octanol–water partition coefficient (Wildman–Crippen LogP) is 13.0. The molecule has 0 aliphatic heterocycles. The van der Waals surface area contributed by atoms with Gasteiger partial charge in [-0.1, -0.05) is 130 Å². The molecule has 4 aromatic carbocycles.